The Hall–Kier alpha value is -3.90. The minimum Gasteiger partial charge on any atom is -0.337 e. The van der Waals surface area contributed by atoms with Crippen LogP contribution in [0.15, 0.2) is 54.6 Å². The van der Waals surface area contributed by atoms with Gasteiger partial charge in [-0.05, 0) is 80.5 Å². The number of aromatic nitrogens is 2. The van der Waals surface area contributed by atoms with Gasteiger partial charge in [-0.1, -0.05) is 41.9 Å². The number of hydrogen-bond acceptors (Lipinski definition) is 4. The molecule has 0 amide bonds. The average molecular weight is 478 g/mol. The number of nitrogens with one attached hydrogen (secondary N) is 1. The summed E-state index contributed by atoms with van der Waals surface area (Å²) in [5.41, 5.74) is 4.34. The van der Waals surface area contributed by atoms with E-state index < -0.39 is 0 Å². The minimum absolute atomic E-state index is 0.416. The summed E-state index contributed by atoms with van der Waals surface area (Å²) >= 11 is 6.42. The van der Waals surface area contributed by atoms with Crippen LogP contribution in [0.5, 0.6) is 0 Å². The van der Waals surface area contributed by atoms with E-state index in [-0.39, 0.29) is 0 Å². The lowest BCUT2D eigenvalue weighted by Crippen LogP contribution is -2.12. The van der Waals surface area contributed by atoms with E-state index in [9.17, 15) is 10.5 Å². The van der Waals surface area contributed by atoms with Crippen LogP contribution in [0, 0.1) is 22.7 Å². The van der Waals surface area contributed by atoms with Crippen LogP contribution in [0.3, 0.4) is 0 Å². The number of aromatic amines is 1. The average Bonchev–Trinajstić information content (AvgIpc) is 3.31. The van der Waals surface area contributed by atoms with E-state index in [2.05, 4.69) is 54.3 Å². The Morgan fingerprint density at radius 1 is 0.886 bits per heavy atom. The lowest BCUT2D eigenvalue weighted by Gasteiger charge is -2.11. The Bertz CT molecular complexity index is 1630. The van der Waals surface area contributed by atoms with Crippen molar-refractivity contribution in [1.29, 1.82) is 10.5 Å². The molecule has 0 atom stereocenters. The van der Waals surface area contributed by atoms with Gasteiger partial charge >= 0.3 is 0 Å². The number of rotatable bonds is 6. The van der Waals surface area contributed by atoms with Crippen LogP contribution < -0.4 is 0 Å². The molecule has 1 heterocycles. The predicted octanol–water partition coefficient (Wildman–Crippen LogP) is 6.82. The standard InChI is InChI=1S/C29H24ClN5/c1-35(2)13-4-3-6-18-9-11-22-24(14-18)25-15-21(30)10-12-23(25)28-27(22)33-29(34-28)26-19(16-31)7-5-8-20(26)17-32/h5,7-12,14-15H,3-4,6,13H2,1-2H3,(H,33,34). The monoisotopic (exact) mass is 477 g/mol. The van der Waals surface area contributed by atoms with Crippen LogP contribution in [0.1, 0.15) is 29.5 Å². The number of unbranched alkanes of at least 4 members (excludes halogenated alkanes) is 1. The van der Waals surface area contributed by atoms with Crippen molar-refractivity contribution in [3.05, 3.63) is 76.3 Å². The van der Waals surface area contributed by atoms with Crippen LogP contribution in [0.2, 0.25) is 5.02 Å². The Balaban J connectivity index is 1.72. The molecule has 0 bridgehead atoms. The number of aryl methyl sites for hydroxylation is 1. The summed E-state index contributed by atoms with van der Waals surface area (Å²) in [6.45, 7) is 1.08. The molecule has 172 valence electrons. The lowest BCUT2D eigenvalue weighted by molar-refractivity contribution is 0.394. The molecule has 0 spiro atoms. The largest absolute Gasteiger partial charge is 0.337 e. The Morgan fingerprint density at radius 3 is 2.31 bits per heavy atom. The summed E-state index contributed by atoms with van der Waals surface area (Å²) in [6, 6.07) is 22.0. The zero-order valence-corrected chi connectivity index (χ0v) is 20.4. The van der Waals surface area contributed by atoms with Gasteiger partial charge in [-0.2, -0.15) is 10.5 Å². The van der Waals surface area contributed by atoms with E-state index in [4.69, 9.17) is 16.6 Å². The summed E-state index contributed by atoms with van der Waals surface area (Å²) in [5.74, 6) is 0.519. The molecule has 0 radical (unpaired) electrons. The number of benzene rings is 4. The molecule has 0 unspecified atom stereocenters. The highest BCUT2D eigenvalue weighted by atomic mass is 35.5. The van der Waals surface area contributed by atoms with Crippen molar-refractivity contribution in [2.24, 2.45) is 0 Å². The molecule has 0 aliphatic rings. The summed E-state index contributed by atoms with van der Waals surface area (Å²) in [7, 11) is 4.20. The quantitative estimate of drug-likeness (QED) is 0.215. The first-order valence-electron chi connectivity index (χ1n) is 11.6. The zero-order chi connectivity index (χ0) is 24.5. The normalized spacial score (nSPS) is 11.4. The molecule has 6 heteroatoms. The number of H-pyrrole nitrogens is 1. The minimum atomic E-state index is 0.416. The summed E-state index contributed by atoms with van der Waals surface area (Å²) in [6.07, 6.45) is 3.29. The van der Waals surface area contributed by atoms with Gasteiger partial charge in [-0.25, -0.2) is 4.98 Å². The van der Waals surface area contributed by atoms with E-state index in [1.54, 1.807) is 18.2 Å². The van der Waals surface area contributed by atoms with Crippen molar-refractivity contribution in [1.82, 2.24) is 14.9 Å². The molecule has 4 aromatic carbocycles. The molecule has 0 aliphatic carbocycles. The van der Waals surface area contributed by atoms with Gasteiger partial charge in [0, 0.05) is 15.8 Å². The first-order chi connectivity index (χ1) is 17.0. The third-order valence-electron chi connectivity index (χ3n) is 6.45. The number of hydrogen-bond donors (Lipinski definition) is 1. The van der Waals surface area contributed by atoms with Gasteiger partial charge in [0.05, 0.1) is 39.9 Å². The van der Waals surface area contributed by atoms with Crippen LogP contribution in [0.25, 0.3) is 44.0 Å². The second-order valence-electron chi connectivity index (χ2n) is 9.09. The number of halogens is 1. The lowest BCUT2D eigenvalue weighted by atomic mass is 9.96. The number of nitrogens with zero attached hydrogens (tertiary/aromatic N) is 4. The van der Waals surface area contributed by atoms with Crippen molar-refractivity contribution in [3.8, 4) is 23.5 Å². The molecule has 5 aromatic rings. The highest BCUT2D eigenvalue weighted by molar-refractivity contribution is 6.33. The first-order valence-corrected chi connectivity index (χ1v) is 12.0. The van der Waals surface area contributed by atoms with E-state index >= 15 is 0 Å². The third kappa shape index (κ3) is 4.21. The second-order valence-corrected chi connectivity index (χ2v) is 9.53. The number of fused-ring (bicyclic) bond motifs is 6. The Morgan fingerprint density at radius 2 is 1.60 bits per heavy atom. The zero-order valence-electron chi connectivity index (χ0n) is 19.7. The Labute approximate surface area is 209 Å². The van der Waals surface area contributed by atoms with Crippen LogP contribution >= 0.6 is 11.6 Å². The van der Waals surface area contributed by atoms with Crippen LogP contribution in [0.4, 0.5) is 0 Å². The van der Waals surface area contributed by atoms with Crippen molar-refractivity contribution in [2.75, 3.05) is 20.6 Å². The fraction of sp³-hybridized carbons (Fsp3) is 0.207. The van der Waals surface area contributed by atoms with Gasteiger partial charge in [-0.3, -0.25) is 0 Å². The summed E-state index contributed by atoms with van der Waals surface area (Å²) in [4.78, 5) is 10.6. The maximum Gasteiger partial charge on any atom is 0.141 e. The number of imidazole rings is 1. The fourth-order valence-electron chi connectivity index (χ4n) is 4.77. The summed E-state index contributed by atoms with van der Waals surface area (Å²) < 4.78 is 0. The van der Waals surface area contributed by atoms with E-state index in [1.165, 1.54) is 5.56 Å². The molecule has 5 rings (SSSR count). The van der Waals surface area contributed by atoms with Gasteiger partial charge in [0.1, 0.15) is 5.82 Å². The molecule has 35 heavy (non-hydrogen) atoms. The van der Waals surface area contributed by atoms with Crippen molar-refractivity contribution in [2.45, 2.75) is 19.3 Å². The van der Waals surface area contributed by atoms with Crippen LogP contribution in [-0.2, 0) is 6.42 Å². The topological polar surface area (TPSA) is 79.5 Å². The maximum absolute atomic E-state index is 9.68. The van der Waals surface area contributed by atoms with Gasteiger partial charge in [0.15, 0.2) is 0 Å². The molecular formula is C29H24ClN5. The second kappa shape index (κ2) is 9.39. The molecule has 0 fully saturated rings. The molecular weight excluding hydrogens is 454 g/mol. The highest BCUT2D eigenvalue weighted by Gasteiger charge is 2.18. The molecule has 5 nitrogen and oxygen atoms in total. The predicted molar refractivity (Wildman–Crippen MR) is 142 cm³/mol. The maximum atomic E-state index is 9.68. The van der Waals surface area contributed by atoms with Crippen molar-refractivity contribution < 1.29 is 0 Å². The summed E-state index contributed by atoms with van der Waals surface area (Å²) in [5, 5.41) is 24.2. The van der Waals surface area contributed by atoms with Gasteiger partial charge in [0.25, 0.3) is 0 Å². The molecule has 0 saturated heterocycles. The van der Waals surface area contributed by atoms with Crippen molar-refractivity contribution >= 4 is 44.2 Å². The van der Waals surface area contributed by atoms with Crippen LogP contribution in [-0.4, -0.2) is 35.5 Å². The molecule has 1 aromatic heterocycles. The van der Waals surface area contributed by atoms with Gasteiger partial charge in [-0.15, -0.1) is 0 Å². The van der Waals surface area contributed by atoms with E-state index in [0.717, 1.165) is 58.4 Å². The van der Waals surface area contributed by atoms with E-state index in [0.29, 0.717) is 27.5 Å². The molecule has 1 N–H and O–H groups in total. The van der Waals surface area contributed by atoms with Crippen molar-refractivity contribution in [3.63, 3.8) is 0 Å². The molecule has 0 aliphatic heterocycles. The molecule has 0 saturated carbocycles. The highest BCUT2D eigenvalue weighted by Crippen LogP contribution is 2.38. The van der Waals surface area contributed by atoms with Gasteiger partial charge in [0.2, 0.25) is 0 Å². The smallest absolute Gasteiger partial charge is 0.141 e. The third-order valence-corrected chi connectivity index (χ3v) is 6.68. The Kier molecular flexibility index (Phi) is 6.14. The first kappa shape index (κ1) is 22.9. The van der Waals surface area contributed by atoms with Gasteiger partial charge < -0.3 is 9.88 Å². The van der Waals surface area contributed by atoms with E-state index in [1.807, 2.05) is 18.2 Å². The SMILES string of the molecule is CN(C)CCCCc1ccc2c(c1)c1cc(Cl)ccc1c1nc(-c3c(C#N)cccc3C#N)[nH]c21. The fourth-order valence-corrected chi connectivity index (χ4v) is 4.94. The number of nitriles is 2.